The van der Waals surface area contributed by atoms with Crippen LogP contribution in [0.1, 0.15) is 56.9 Å². The summed E-state index contributed by atoms with van der Waals surface area (Å²) in [4.78, 5) is 28.3. The van der Waals surface area contributed by atoms with Crippen molar-refractivity contribution in [2.45, 2.75) is 51.4 Å². The molecule has 0 spiro atoms. The van der Waals surface area contributed by atoms with Crippen LogP contribution in [0.25, 0.3) is 0 Å². The summed E-state index contributed by atoms with van der Waals surface area (Å²) in [5, 5.41) is 4.05. The maximum Gasteiger partial charge on any atom is 0.252 e. The number of dihydropyridines is 1. The quantitative estimate of drug-likeness (QED) is 0.826. The number of rotatable bonds is 2. The second kappa shape index (κ2) is 7.51. The highest BCUT2D eigenvalue weighted by Crippen LogP contribution is 2.43. The molecule has 0 bridgehead atoms. The van der Waals surface area contributed by atoms with Gasteiger partial charge in [-0.15, -0.1) is 0 Å². The van der Waals surface area contributed by atoms with Gasteiger partial charge in [0.25, 0.3) is 5.91 Å². The van der Waals surface area contributed by atoms with E-state index in [0.29, 0.717) is 17.0 Å². The largest absolute Gasteiger partial charge is 0.362 e. The minimum absolute atomic E-state index is 0.0598. The number of carbonyl (C=O) groups is 2. The normalized spacial score (nSPS) is 23.3. The minimum Gasteiger partial charge on any atom is -0.362 e. The molecule has 4 rings (SSSR count). The van der Waals surface area contributed by atoms with Gasteiger partial charge in [-0.25, -0.2) is 0 Å². The number of piperidine rings is 1. The molecule has 1 aliphatic carbocycles. The third-order valence-electron chi connectivity index (χ3n) is 5.85. The molecule has 142 valence electrons. The van der Waals surface area contributed by atoms with Gasteiger partial charge in [-0.05, 0) is 56.7 Å². The molecular weight excluding hydrogens is 360 g/mol. The van der Waals surface area contributed by atoms with Gasteiger partial charge in [0.1, 0.15) is 0 Å². The molecule has 0 radical (unpaired) electrons. The number of hydrogen-bond acceptors (Lipinski definition) is 3. The van der Waals surface area contributed by atoms with E-state index in [2.05, 4.69) is 5.32 Å². The fourth-order valence-electron chi connectivity index (χ4n) is 4.52. The second-order valence-corrected chi connectivity index (χ2v) is 8.11. The lowest BCUT2D eigenvalue weighted by Crippen LogP contribution is -2.42. The Labute approximate surface area is 165 Å². The standard InChI is InChI=1S/C22H25ClN2O2/c1-14-19(22(27)25-12-3-2-4-13-25)20(15-8-10-16(23)11-9-15)21-17(24-14)6-5-7-18(21)26/h8-11,20,24H,2-7,12-13H2,1H3. The van der Waals surface area contributed by atoms with E-state index in [-0.39, 0.29) is 17.6 Å². The van der Waals surface area contributed by atoms with E-state index >= 15 is 0 Å². The summed E-state index contributed by atoms with van der Waals surface area (Å²) in [6, 6.07) is 7.57. The average molecular weight is 385 g/mol. The first-order valence-corrected chi connectivity index (χ1v) is 10.2. The Kier molecular flexibility index (Phi) is 5.09. The molecule has 1 amide bonds. The second-order valence-electron chi connectivity index (χ2n) is 7.67. The number of Topliss-reactive ketones (excluding diaryl/α,β-unsaturated/α-hetero) is 1. The molecular formula is C22H25ClN2O2. The summed E-state index contributed by atoms with van der Waals surface area (Å²) in [6.45, 7) is 3.55. The Morgan fingerprint density at radius 1 is 1.07 bits per heavy atom. The van der Waals surface area contributed by atoms with E-state index in [4.69, 9.17) is 11.6 Å². The lowest BCUT2D eigenvalue weighted by molar-refractivity contribution is -0.128. The van der Waals surface area contributed by atoms with Crippen LogP contribution < -0.4 is 5.32 Å². The fraction of sp³-hybridized carbons (Fsp3) is 0.455. The SMILES string of the molecule is CC1=C(C(=O)N2CCCCC2)C(c2ccc(Cl)cc2)C2=C(CCCC2=O)N1. The summed E-state index contributed by atoms with van der Waals surface area (Å²) in [7, 11) is 0. The lowest BCUT2D eigenvalue weighted by Gasteiger charge is -2.37. The highest BCUT2D eigenvalue weighted by molar-refractivity contribution is 6.30. The molecule has 2 heterocycles. The number of carbonyl (C=O) groups excluding carboxylic acids is 2. The van der Waals surface area contributed by atoms with E-state index in [1.165, 1.54) is 6.42 Å². The molecule has 1 aromatic rings. The van der Waals surface area contributed by atoms with Crippen LogP contribution in [-0.4, -0.2) is 29.7 Å². The number of ketones is 1. The Morgan fingerprint density at radius 3 is 2.48 bits per heavy atom. The van der Waals surface area contributed by atoms with E-state index in [1.54, 1.807) is 0 Å². The molecule has 5 heteroatoms. The summed E-state index contributed by atoms with van der Waals surface area (Å²) in [5.41, 5.74) is 4.31. The molecule has 4 nitrogen and oxygen atoms in total. The Balaban J connectivity index is 1.80. The molecule has 0 saturated carbocycles. The van der Waals surface area contributed by atoms with Gasteiger partial charge in [0, 0.05) is 53.0 Å². The van der Waals surface area contributed by atoms with Crippen LogP contribution in [-0.2, 0) is 9.59 Å². The Morgan fingerprint density at radius 2 is 1.78 bits per heavy atom. The first-order valence-electron chi connectivity index (χ1n) is 9.85. The zero-order valence-electron chi connectivity index (χ0n) is 15.7. The van der Waals surface area contributed by atoms with E-state index in [9.17, 15) is 9.59 Å². The van der Waals surface area contributed by atoms with Crippen LogP contribution >= 0.6 is 11.6 Å². The number of benzene rings is 1. The van der Waals surface area contributed by atoms with Gasteiger partial charge < -0.3 is 10.2 Å². The van der Waals surface area contributed by atoms with Crippen molar-refractivity contribution >= 4 is 23.3 Å². The summed E-state index contributed by atoms with van der Waals surface area (Å²) in [6.07, 6.45) is 5.53. The number of hydrogen-bond donors (Lipinski definition) is 1. The van der Waals surface area contributed by atoms with Crippen molar-refractivity contribution in [2.24, 2.45) is 0 Å². The summed E-state index contributed by atoms with van der Waals surface area (Å²) in [5.74, 6) is -0.0922. The Hall–Kier alpha value is -2.07. The smallest absolute Gasteiger partial charge is 0.252 e. The number of amides is 1. The molecule has 0 aromatic heterocycles. The van der Waals surface area contributed by atoms with Crippen LogP contribution in [0.15, 0.2) is 46.8 Å². The number of halogens is 1. The molecule has 1 aromatic carbocycles. The summed E-state index contributed by atoms with van der Waals surface area (Å²) < 4.78 is 0. The van der Waals surface area contributed by atoms with E-state index < -0.39 is 0 Å². The van der Waals surface area contributed by atoms with Crippen molar-refractivity contribution in [2.75, 3.05) is 13.1 Å². The van der Waals surface area contributed by atoms with Crippen molar-refractivity contribution in [3.8, 4) is 0 Å². The number of nitrogens with zero attached hydrogens (tertiary/aromatic N) is 1. The predicted octanol–water partition coefficient (Wildman–Crippen LogP) is 4.32. The van der Waals surface area contributed by atoms with Crippen LogP contribution in [0.2, 0.25) is 5.02 Å². The van der Waals surface area contributed by atoms with Crippen molar-refractivity contribution in [1.82, 2.24) is 10.2 Å². The topological polar surface area (TPSA) is 49.4 Å². The maximum absolute atomic E-state index is 13.5. The van der Waals surface area contributed by atoms with Crippen LogP contribution in [0.3, 0.4) is 0 Å². The highest BCUT2D eigenvalue weighted by atomic mass is 35.5. The third kappa shape index (κ3) is 3.43. The van der Waals surface area contributed by atoms with Crippen LogP contribution in [0, 0.1) is 0 Å². The van der Waals surface area contributed by atoms with Gasteiger partial charge in [-0.3, -0.25) is 9.59 Å². The van der Waals surface area contributed by atoms with Gasteiger partial charge >= 0.3 is 0 Å². The molecule has 1 saturated heterocycles. The summed E-state index contributed by atoms with van der Waals surface area (Å²) >= 11 is 6.09. The predicted molar refractivity (Wildman–Crippen MR) is 106 cm³/mol. The van der Waals surface area contributed by atoms with Crippen molar-refractivity contribution < 1.29 is 9.59 Å². The van der Waals surface area contributed by atoms with Gasteiger partial charge in [-0.1, -0.05) is 23.7 Å². The molecule has 1 fully saturated rings. The average Bonchev–Trinajstić information content (AvgIpc) is 2.68. The molecule has 1 N–H and O–H groups in total. The van der Waals surface area contributed by atoms with Gasteiger partial charge in [-0.2, -0.15) is 0 Å². The van der Waals surface area contributed by atoms with Crippen molar-refractivity contribution in [3.63, 3.8) is 0 Å². The fourth-order valence-corrected chi connectivity index (χ4v) is 4.65. The van der Waals surface area contributed by atoms with Gasteiger partial charge in [0.15, 0.2) is 5.78 Å². The lowest BCUT2D eigenvalue weighted by atomic mass is 9.75. The van der Waals surface area contributed by atoms with Crippen LogP contribution in [0.4, 0.5) is 0 Å². The molecule has 27 heavy (non-hydrogen) atoms. The number of nitrogens with one attached hydrogen (secondary N) is 1. The molecule has 3 aliphatic rings. The maximum atomic E-state index is 13.5. The highest BCUT2D eigenvalue weighted by Gasteiger charge is 2.39. The molecule has 2 aliphatic heterocycles. The van der Waals surface area contributed by atoms with E-state index in [0.717, 1.165) is 61.3 Å². The molecule has 1 unspecified atom stereocenters. The number of allylic oxidation sites excluding steroid dienone is 3. The third-order valence-corrected chi connectivity index (χ3v) is 6.10. The monoisotopic (exact) mass is 384 g/mol. The molecule has 1 atom stereocenters. The van der Waals surface area contributed by atoms with Gasteiger partial charge in [0.2, 0.25) is 0 Å². The number of likely N-dealkylation sites (tertiary alicyclic amines) is 1. The van der Waals surface area contributed by atoms with Crippen molar-refractivity contribution in [1.29, 1.82) is 0 Å². The Bertz CT molecular complexity index is 832. The zero-order chi connectivity index (χ0) is 19.0. The minimum atomic E-state index is -0.305. The first kappa shape index (κ1) is 18.3. The van der Waals surface area contributed by atoms with E-state index in [1.807, 2.05) is 36.1 Å². The van der Waals surface area contributed by atoms with Gasteiger partial charge in [0.05, 0.1) is 0 Å². The van der Waals surface area contributed by atoms with Crippen molar-refractivity contribution in [3.05, 3.63) is 57.4 Å². The van der Waals surface area contributed by atoms with Crippen LogP contribution in [0.5, 0.6) is 0 Å². The first-order chi connectivity index (χ1) is 13.1. The zero-order valence-corrected chi connectivity index (χ0v) is 16.4.